The summed E-state index contributed by atoms with van der Waals surface area (Å²) in [4.78, 5) is 22.9. The van der Waals surface area contributed by atoms with Crippen molar-refractivity contribution in [2.45, 2.75) is 26.7 Å². The fourth-order valence-corrected chi connectivity index (χ4v) is 1.67. The maximum atomic E-state index is 12.1. The molecule has 114 valence electrons. The SMILES string of the molecule is CCCCOc1ccccc1C(=O)NNC(=S)NC(C)=O. The molecule has 0 saturated heterocycles. The number of benzene rings is 1. The van der Waals surface area contributed by atoms with Crippen molar-refractivity contribution in [3.63, 3.8) is 0 Å². The van der Waals surface area contributed by atoms with E-state index in [0.29, 0.717) is 17.9 Å². The van der Waals surface area contributed by atoms with Crippen LogP contribution in [0.4, 0.5) is 0 Å². The highest BCUT2D eigenvalue weighted by atomic mass is 32.1. The van der Waals surface area contributed by atoms with Crippen LogP contribution in [0.5, 0.6) is 5.75 Å². The van der Waals surface area contributed by atoms with Gasteiger partial charge in [0.2, 0.25) is 5.91 Å². The number of hydrogen-bond acceptors (Lipinski definition) is 4. The van der Waals surface area contributed by atoms with Gasteiger partial charge in [-0.15, -0.1) is 0 Å². The normalized spacial score (nSPS) is 9.62. The minimum Gasteiger partial charge on any atom is -0.493 e. The summed E-state index contributed by atoms with van der Waals surface area (Å²) in [6.45, 7) is 3.94. The second-order valence-corrected chi connectivity index (χ2v) is 4.70. The molecule has 0 atom stereocenters. The molecule has 0 aliphatic rings. The van der Waals surface area contributed by atoms with E-state index in [1.165, 1.54) is 6.92 Å². The molecule has 6 nitrogen and oxygen atoms in total. The predicted octanol–water partition coefficient (Wildman–Crippen LogP) is 1.52. The zero-order chi connectivity index (χ0) is 15.7. The lowest BCUT2D eigenvalue weighted by molar-refractivity contribution is -0.117. The lowest BCUT2D eigenvalue weighted by Crippen LogP contribution is -2.48. The maximum absolute atomic E-state index is 12.1. The van der Waals surface area contributed by atoms with E-state index >= 15 is 0 Å². The Morgan fingerprint density at radius 2 is 1.95 bits per heavy atom. The standard InChI is InChI=1S/C14H19N3O3S/c1-3-4-9-20-12-8-6-5-7-11(12)13(19)16-17-14(21)15-10(2)18/h5-8H,3-4,9H2,1-2H3,(H,16,19)(H2,15,17,18,21). The fraction of sp³-hybridized carbons (Fsp3) is 0.357. The largest absolute Gasteiger partial charge is 0.493 e. The van der Waals surface area contributed by atoms with Crippen LogP contribution in [0.3, 0.4) is 0 Å². The lowest BCUT2D eigenvalue weighted by Gasteiger charge is -2.13. The summed E-state index contributed by atoms with van der Waals surface area (Å²) in [6.07, 6.45) is 1.93. The molecule has 1 rings (SSSR count). The third-order valence-corrected chi connectivity index (χ3v) is 2.67. The Bertz CT molecular complexity index is 520. The van der Waals surface area contributed by atoms with Gasteiger partial charge in [-0.05, 0) is 30.8 Å². The third-order valence-electron chi connectivity index (χ3n) is 2.47. The molecule has 21 heavy (non-hydrogen) atoms. The Morgan fingerprint density at radius 1 is 1.24 bits per heavy atom. The minimum atomic E-state index is -0.394. The Balaban J connectivity index is 2.60. The highest BCUT2D eigenvalue weighted by molar-refractivity contribution is 7.80. The fourth-order valence-electron chi connectivity index (χ4n) is 1.48. The summed E-state index contributed by atoms with van der Waals surface area (Å²) < 4.78 is 5.58. The van der Waals surface area contributed by atoms with Gasteiger partial charge in [-0.1, -0.05) is 25.5 Å². The Hall–Kier alpha value is -2.15. The Labute approximate surface area is 129 Å². The molecular weight excluding hydrogens is 290 g/mol. The van der Waals surface area contributed by atoms with E-state index in [0.717, 1.165) is 12.8 Å². The number of nitrogens with one attached hydrogen (secondary N) is 3. The first-order valence-electron chi connectivity index (χ1n) is 6.64. The number of rotatable bonds is 5. The summed E-state index contributed by atoms with van der Waals surface area (Å²) in [5, 5.41) is 2.37. The van der Waals surface area contributed by atoms with Crippen LogP contribution in [0, 0.1) is 0 Å². The van der Waals surface area contributed by atoms with Gasteiger partial charge in [-0.3, -0.25) is 20.4 Å². The van der Waals surface area contributed by atoms with Crippen molar-refractivity contribution in [2.24, 2.45) is 0 Å². The number of hydrazine groups is 1. The molecule has 2 amide bonds. The monoisotopic (exact) mass is 309 g/mol. The van der Waals surface area contributed by atoms with Crippen LogP contribution in [-0.4, -0.2) is 23.5 Å². The summed E-state index contributed by atoms with van der Waals surface area (Å²) in [7, 11) is 0. The van der Waals surface area contributed by atoms with Gasteiger partial charge in [0.1, 0.15) is 5.75 Å². The van der Waals surface area contributed by atoms with Crippen LogP contribution in [0.25, 0.3) is 0 Å². The van der Waals surface area contributed by atoms with E-state index in [1.807, 2.05) is 0 Å². The van der Waals surface area contributed by atoms with Crippen molar-refractivity contribution in [1.82, 2.24) is 16.2 Å². The Morgan fingerprint density at radius 3 is 2.62 bits per heavy atom. The first kappa shape index (κ1) is 16.9. The van der Waals surface area contributed by atoms with Crippen LogP contribution >= 0.6 is 12.2 Å². The lowest BCUT2D eigenvalue weighted by atomic mass is 10.2. The van der Waals surface area contributed by atoms with Crippen molar-refractivity contribution in [3.05, 3.63) is 29.8 Å². The molecular formula is C14H19N3O3S. The number of amides is 2. The van der Waals surface area contributed by atoms with Gasteiger partial charge in [-0.2, -0.15) is 0 Å². The highest BCUT2D eigenvalue weighted by Gasteiger charge is 2.12. The summed E-state index contributed by atoms with van der Waals surface area (Å²) >= 11 is 4.83. The van der Waals surface area contributed by atoms with Crippen LogP contribution in [0.2, 0.25) is 0 Å². The molecule has 0 spiro atoms. The average molecular weight is 309 g/mol. The van der Waals surface area contributed by atoms with Gasteiger partial charge in [0.25, 0.3) is 5.91 Å². The summed E-state index contributed by atoms with van der Waals surface area (Å²) in [5.41, 5.74) is 5.26. The molecule has 0 aliphatic heterocycles. The van der Waals surface area contributed by atoms with E-state index in [2.05, 4.69) is 23.1 Å². The van der Waals surface area contributed by atoms with E-state index in [1.54, 1.807) is 24.3 Å². The molecule has 1 aromatic rings. The van der Waals surface area contributed by atoms with Crippen LogP contribution in [0.1, 0.15) is 37.0 Å². The highest BCUT2D eigenvalue weighted by Crippen LogP contribution is 2.17. The van der Waals surface area contributed by atoms with Gasteiger partial charge in [-0.25, -0.2) is 0 Å². The number of ether oxygens (including phenoxy) is 1. The zero-order valence-corrected chi connectivity index (χ0v) is 12.9. The number of hydrogen-bond donors (Lipinski definition) is 3. The topological polar surface area (TPSA) is 79.5 Å². The van der Waals surface area contributed by atoms with E-state index in [9.17, 15) is 9.59 Å². The number of thiocarbonyl (C=S) groups is 1. The molecule has 1 aromatic carbocycles. The zero-order valence-electron chi connectivity index (χ0n) is 12.1. The van der Waals surface area contributed by atoms with Crippen molar-refractivity contribution in [1.29, 1.82) is 0 Å². The van der Waals surface area contributed by atoms with Gasteiger partial charge >= 0.3 is 0 Å². The quantitative estimate of drug-likeness (QED) is 0.437. The molecule has 0 bridgehead atoms. The van der Waals surface area contributed by atoms with Crippen LogP contribution < -0.4 is 20.9 Å². The minimum absolute atomic E-state index is 0.0280. The van der Waals surface area contributed by atoms with Gasteiger partial charge in [0, 0.05) is 6.92 Å². The molecule has 0 radical (unpaired) electrons. The second-order valence-electron chi connectivity index (χ2n) is 4.29. The second kappa shape index (κ2) is 8.91. The number of para-hydroxylation sites is 1. The number of carbonyl (C=O) groups excluding carboxylic acids is 2. The van der Waals surface area contributed by atoms with E-state index in [4.69, 9.17) is 17.0 Å². The van der Waals surface area contributed by atoms with Gasteiger partial charge < -0.3 is 10.1 Å². The maximum Gasteiger partial charge on any atom is 0.273 e. The molecule has 0 heterocycles. The van der Waals surface area contributed by atoms with Crippen molar-refractivity contribution in [2.75, 3.05) is 6.61 Å². The molecule has 7 heteroatoms. The van der Waals surface area contributed by atoms with Crippen molar-refractivity contribution >= 4 is 29.1 Å². The molecule has 0 saturated carbocycles. The van der Waals surface area contributed by atoms with E-state index < -0.39 is 5.91 Å². The van der Waals surface area contributed by atoms with Crippen LogP contribution in [0.15, 0.2) is 24.3 Å². The number of carbonyl (C=O) groups is 2. The summed E-state index contributed by atoms with van der Waals surface area (Å²) in [5.74, 6) is -0.199. The van der Waals surface area contributed by atoms with Crippen molar-refractivity contribution in [3.8, 4) is 5.75 Å². The molecule has 0 aliphatic carbocycles. The molecule has 0 aromatic heterocycles. The third kappa shape index (κ3) is 6.22. The van der Waals surface area contributed by atoms with Gasteiger partial charge in [0.05, 0.1) is 12.2 Å². The average Bonchev–Trinajstić information content (AvgIpc) is 2.45. The number of unbranched alkanes of at least 4 members (excludes halogenated alkanes) is 1. The molecule has 0 fully saturated rings. The van der Waals surface area contributed by atoms with Gasteiger partial charge in [0.15, 0.2) is 5.11 Å². The first-order chi connectivity index (χ1) is 10.0. The van der Waals surface area contributed by atoms with Crippen molar-refractivity contribution < 1.29 is 14.3 Å². The molecule has 3 N–H and O–H groups in total. The Kier molecular flexibility index (Phi) is 7.17. The smallest absolute Gasteiger partial charge is 0.273 e. The van der Waals surface area contributed by atoms with E-state index in [-0.39, 0.29) is 11.0 Å². The first-order valence-corrected chi connectivity index (χ1v) is 7.05. The summed E-state index contributed by atoms with van der Waals surface area (Å²) in [6, 6.07) is 6.93. The van der Waals surface area contributed by atoms with Crippen LogP contribution in [-0.2, 0) is 4.79 Å². The predicted molar refractivity (Wildman–Crippen MR) is 83.9 cm³/mol. The molecule has 0 unspecified atom stereocenters.